The zero-order chi connectivity index (χ0) is 15.4. The zero-order valence-corrected chi connectivity index (χ0v) is 16.3. The number of likely N-dealkylation sites (tertiary alicyclic amines) is 1. The number of nitrogens with zero attached hydrogens (tertiary/aromatic N) is 3. The minimum atomic E-state index is 0. The number of benzene rings is 1. The van der Waals surface area contributed by atoms with Crippen molar-refractivity contribution < 1.29 is 0 Å². The number of para-hydroxylation sites is 2. The highest BCUT2D eigenvalue weighted by molar-refractivity contribution is 5.85. The van der Waals surface area contributed by atoms with Crippen LogP contribution in [0.1, 0.15) is 25.1 Å². The van der Waals surface area contributed by atoms with Gasteiger partial charge in [-0.3, -0.25) is 0 Å². The van der Waals surface area contributed by atoms with E-state index in [0.717, 1.165) is 30.9 Å². The summed E-state index contributed by atoms with van der Waals surface area (Å²) in [5, 5.41) is 3.27. The topological polar surface area (TPSA) is 33.1 Å². The van der Waals surface area contributed by atoms with Crippen molar-refractivity contribution >= 4 is 35.8 Å². The number of hydrogen-bond donors (Lipinski definition) is 1. The maximum Gasteiger partial charge on any atom is 0.110 e. The Bertz CT molecular complexity index is 606. The fraction of sp³-hybridized carbons (Fsp3) is 0.611. The normalized spacial score (nSPS) is 15.9. The predicted octanol–water partition coefficient (Wildman–Crippen LogP) is 3.28. The highest BCUT2D eigenvalue weighted by Crippen LogP contribution is 2.20. The molecule has 1 fully saturated rings. The minimum absolute atomic E-state index is 0. The van der Waals surface area contributed by atoms with Crippen molar-refractivity contribution in [2.24, 2.45) is 13.0 Å². The number of piperidine rings is 1. The molecule has 0 amide bonds. The van der Waals surface area contributed by atoms with E-state index in [4.69, 9.17) is 4.98 Å². The van der Waals surface area contributed by atoms with E-state index in [1.165, 1.54) is 43.7 Å². The van der Waals surface area contributed by atoms with Gasteiger partial charge in [0, 0.05) is 20.0 Å². The molecule has 1 N–H and O–H groups in total. The van der Waals surface area contributed by atoms with Gasteiger partial charge in [-0.15, -0.1) is 24.8 Å². The van der Waals surface area contributed by atoms with Crippen molar-refractivity contribution in [3.63, 3.8) is 0 Å². The summed E-state index contributed by atoms with van der Waals surface area (Å²) < 4.78 is 2.25. The lowest BCUT2D eigenvalue weighted by Gasteiger charge is -2.31. The molecule has 1 aromatic carbocycles. The minimum Gasteiger partial charge on any atom is -0.331 e. The smallest absolute Gasteiger partial charge is 0.110 e. The van der Waals surface area contributed by atoms with E-state index in [1.807, 2.05) is 7.05 Å². The molecule has 6 heteroatoms. The number of halogens is 2. The Morgan fingerprint density at radius 3 is 2.54 bits per heavy atom. The van der Waals surface area contributed by atoms with Gasteiger partial charge in [-0.05, 0) is 64.0 Å². The van der Waals surface area contributed by atoms with Crippen LogP contribution in [0, 0.1) is 5.92 Å². The second-order valence-electron chi connectivity index (χ2n) is 6.50. The first-order valence-corrected chi connectivity index (χ1v) is 8.55. The Labute approximate surface area is 157 Å². The zero-order valence-electron chi connectivity index (χ0n) is 14.7. The van der Waals surface area contributed by atoms with Crippen LogP contribution in [0.15, 0.2) is 24.3 Å². The quantitative estimate of drug-likeness (QED) is 0.844. The summed E-state index contributed by atoms with van der Waals surface area (Å²) in [6, 6.07) is 8.41. The number of imidazole rings is 1. The largest absolute Gasteiger partial charge is 0.331 e. The van der Waals surface area contributed by atoms with E-state index in [1.54, 1.807) is 0 Å². The van der Waals surface area contributed by atoms with Crippen molar-refractivity contribution in [3.05, 3.63) is 30.1 Å². The highest BCUT2D eigenvalue weighted by atomic mass is 35.5. The molecule has 0 aliphatic carbocycles. The maximum atomic E-state index is 4.78. The van der Waals surface area contributed by atoms with Crippen LogP contribution in [0.25, 0.3) is 11.0 Å². The van der Waals surface area contributed by atoms with Crippen molar-refractivity contribution in [2.75, 3.05) is 33.2 Å². The Hall–Kier alpha value is -0.810. The molecule has 0 radical (unpaired) electrons. The Morgan fingerprint density at radius 1 is 1.17 bits per heavy atom. The van der Waals surface area contributed by atoms with Gasteiger partial charge in [-0.2, -0.15) is 0 Å². The van der Waals surface area contributed by atoms with Crippen molar-refractivity contribution in [1.29, 1.82) is 0 Å². The van der Waals surface area contributed by atoms with Gasteiger partial charge in [0.1, 0.15) is 5.82 Å². The summed E-state index contributed by atoms with van der Waals surface area (Å²) in [5.74, 6) is 2.12. The van der Waals surface area contributed by atoms with Crippen LogP contribution in [0.2, 0.25) is 0 Å². The van der Waals surface area contributed by atoms with Crippen molar-refractivity contribution in [2.45, 2.75) is 25.7 Å². The fourth-order valence-corrected chi connectivity index (χ4v) is 3.52. The molecular formula is C18H30Cl2N4. The number of aromatic nitrogens is 2. The van der Waals surface area contributed by atoms with Crippen LogP contribution in [-0.4, -0.2) is 47.7 Å². The standard InChI is InChI=1S/C18H28N4.2ClH/c1-19-11-7-15-8-12-22(13-9-15)14-10-18-20-16-5-3-4-6-17(16)21(18)2;;/h3-6,15,19H,7-14H2,1-2H3;2*1H. The van der Waals surface area contributed by atoms with Gasteiger partial charge in [0.2, 0.25) is 0 Å². The molecule has 1 saturated heterocycles. The summed E-state index contributed by atoms with van der Waals surface area (Å²) in [6.45, 7) is 4.79. The first kappa shape index (κ1) is 21.2. The molecule has 3 rings (SSSR count). The summed E-state index contributed by atoms with van der Waals surface area (Å²) in [5.41, 5.74) is 2.36. The molecule has 1 aliphatic heterocycles. The summed E-state index contributed by atoms with van der Waals surface area (Å²) in [6.07, 6.45) is 5.08. The predicted molar refractivity (Wildman–Crippen MR) is 107 cm³/mol. The molecule has 1 aliphatic rings. The highest BCUT2D eigenvalue weighted by Gasteiger charge is 2.19. The summed E-state index contributed by atoms with van der Waals surface area (Å²) >= 11 is 0. The lowest BCUT2D eigenvalue weighted by Crippen LogP contribution is -2.36. The molecule has 2 heterocycles. The van der Waals surface area contributed by atoms with Gasteiger partial charge in [0.15, 0.2) is 0 Å². The Morgan fingerprint density at radius 2 is 1.88 bits per heavy atom. The van der Waals surface area contributed by atoms with E-state index in [9.17, 15) is 0 Å². The van der Waals surface area contributed by atoms with Gasteiger partial charge in [-0.1, -0.05) is 12.1 Å². The molecule has 0 bridgehead atoms. The molecule has 0 atom stereocenters. The summed E-state index contributed by atoms with van der Waals surface area (Å²) in [4.78, 5) is 7.39. The molecule has 0 spiro atoms. The Balaban J connectivity index is 0.00000144. The SMILES string of the molecule is CNCCC1CCN(CCc2nc3ccccc3n2C)CC1.Cl.Cl. The van der Waals surface area contributed by atoms with E-state index < -0.39 is 0 Å². The molecule has 24 heavy (non-hydrogen) atoms. The second kappa shape index (κ2) is 10.2. The first-order chi connectivity index (χ1) is 10.8. The lowest BCUT2D eigenvalue weighted by atomic mass is 9.93. The van der Waals surface area contributed by atoms with Crippen LogP contribution < -0.4 is 5.32 Å². The van der Waals surface area contributed by atoms with Gasteiger partial charge in [0.05, 0.1) is 11.0 Å². The van der Waals surface area contributed by atoms with Gasteiger partial charge in [0.25, 0.3) is 0 Å². The molecule has 0 saturated carbocycles. The first-order valence-electron chi connectivity index (χ1n) is 8.55. The maximum absolute atomic E-state index is 4.78. The van der Waals surface area contributed by atoms with E-state index in [2.05, 4.69) is 46.1 Å². The number of hydrogen-bond acceptors (Lipinski definition) is 3. The van der Waals surface area contributed by atoms with Crippen LogP contribution in [0.5, 0.6) is 0 Å². The third kappa shape index (κ3) is 5.09. The second-order valence-corrected chi connectivity index (χ2v) is 6.50. The molecule has 1 aromatic heterocycles. The lowest BCUT2D eigenvalue weighted by molar-refractivity contribution is 0.180. The molecule has 136 valence electrons. The summed E-state index contributed by atoms with van der Waals surface area (Å²) in [7, 11) is 4.18. The van der Waals surface area contributed by atoms with Gasteiger partial charge < -0.3 is 14.8 Å². The van der Waals surface area contributed by atoms with Crippen LogP contribution in [-0.2, 0) is 13.5 Å². The van der Waals surface area contributed by atoms with E-state index >= 15 is 0 Å². The average molecular weight is 373 g/mol. The van der Waals surface area contributed by atoms with Crippen molar-refractivity contribution in [1.82, 2.24) is 19.8 Å². The number of nitrogens with one attached hydrogen (secondary N) is 1. The van der Waals surface area contributed by atoms with Crippen molar-refractivity contribution in [3.8, 4) is 0 Å². The molecule has 4 nitrogen and oxygen atoms in total. The van der Waals surface area contributed by atoms with E-state index in [-0.39, 0.29) is 24.8 Å². The van der Waals surface area contributed by atoms with Gasteiger partial charge >= 0.3 is 0 Å². The average Bonchev–Trinajstić information content (AvgIpc) is 2.88. The van der Waals surface area contributed by atoms with Gasteiger partial charge in [-0.25, -0.2) is 4.98 Å². The fourth-order valence-electron chi connectivity index (χ4n) is 3.52. The number of aryl methyl sites for hydroxylation is 1. The third-order valence-electron chi connectivity index (χ3n) is 5.04. The van der Waals surface area contributed by atoms with Crippen LogP contribution in [0.4, 0.5) is 0 Å². The molecule has 0 unspecified atom stereocenters. The van der Waals surface area contributed by atoms with Crippen LogP contribution >= 0.6 is 24.8 Å². The van der Waals surface area contributed by atoms with Crippen LogP contribution in [0.3, 0.4) is 0 Å². The monoisotopic (exact) mass is 372 g/mol. The van der Waals surface area contributed by atoms with E-state index in [0.29, 0.717) is 0 Å². The number of fused-ring (bicyclic) bond motifs is 1. The Kier molecular flexibility index (Phi) is 9.06. The number of rotatable bonds is 6. The molecule has 2 aromatic rings. The third-order valence-corrected chi connectivity index (χ3v) is 5.04. The molecular weight excluding hydrogens is 343 g/mol.